The minimum atomic E-state index is -1.07. The summed E-state index contributed by atoms with van der Waals surface area (Å²) in [5.74, 6) is -4.05. The molecule has 1 heterocycles. The Kier molecular flexibility index (Phi) is 10.8. The molecule has 0 unspecified atom stereocenters. The van der Waals surface area contributed by atoms with Crippen molar-refractivity contribution in [2.24, 2.45) is 0 Å². The molecular weight excluding hydrogens is 598 g/mol. The Balaban J connectivity index is 1.57. The van der Waals surface area contributed by atoms with Crippen LogP contribution in [0.1, 0.15) is 69.5 Å². The number of aromatic nitrogens is 1. The molecule has 0 saturated heterocycles. The van der Waals surface area contributed by atoms with E-state index in [1.807, 2.05) is 24.3 Å². The summed E-state index contributed by atoms with van der Waals surface area (Å²) in [7, 11) is 0. The highest BCUT2D eigenvalue weighted by atomic mass is 16.5. The van der Waals surface area contributed by atoms with Crippen molar-refractivity contribution in [3.05, 3.63) is 172 Å². The van der Waals surface area contributed by atoms with E-state index in [1.54, 1.807) is 97.1 Å². The molecule has 9 heteroatoms. The number of benzene rings is 4. The van der Waals surface area contributed by atoms with Crippen LogP contribution >= 0.6 is 0 Å². The molecule has 0 spiro atoms. The van der Waals surface area contributed by atoms with Gasteiger partial charge >= 0.3 is 23.9 Å². The first-order valence-corrected chi connectivity index (χ1v) is 14.8. The lowest BCUT2D eigenvalue weighted by Gasteiger charge is -2.18. The molecule has 47 heavy (non-hydrogen) atoms. The number of pyridine rings is 1. The summed E-state index contributed by atoms with van der Waals surface area (Å²) >= 11 is 0. The summed E-state index contributed by atoms with van der Waals surface area (Å²) in [6.45, 7) is 0.824. The van der Waals surface area contributed by atoms with Gasteiger partial charge in [-0.25, -0.2) is 24.2 Å². The summed E-state index contributed by atoms with van der Waals surface area (Å²) in [5, 5.41) is 0. The minimum absolute atomic E-state index is 0.0407. The number of nitrogens with zero attached hydrogens (tertiary/aromatic N) is 1. The zero-order valence-corrected chi connectivity index (χ0v) is 25.6. The second-order valence-electron chi connectivity index (χ2n) is 10.4. The Bertz CT molecular complexity index is 1840. The van der Waals surface area contributed by atoms with E-state index in [2.05, 4.69) is 4.98 Å². The molecule has 0 bridgehead atoms. The third-order valence-corrected chi connectivity index (χ3v) is 7.03. The van der Waals surface area contributed by atoms with Crippen molar-refractivity contribution in [2.75, 3.05) is 0 Å². The SMILES string of the molecule is Cc1nc(C(=O)OCc2ccccc2)c(C(=O)OCc2ccccc2)c(C(=O)OCc2ccccc2)c1C(=O)OCc1ccccc1. The van der Waals surface area contributed by atoms with E-state index in [0.29, 0.717) is 22.3 Å². The van der Waals surface area contributed by atoms with E-state index in [1.165, 1.54) is 6.92 Å². The van der Waals surface area contributed by atoms with Crippen LogP contribution in [0.2, 0.25) is 0 Å². The topological polar surface area (TPSA) is 118 Å². The zero-order valence-electron chi connectivity index (χ0n) is 25.6. The van der Waals surface area contributed by atoms with Crippen molar-refractivity contribution in [2.45, 2.75) is 33.4 Å². The van der Waals surface area contributed by atoms with E-state index in [0.717, 1.165) is 0 Å². The molecule has 9 nitrogen and oxygen atoms in total. The van der Waals surface area contributed by atoms with Gasteiger partial charge in [0.2, 0.25) is 0 Å². The van der Waals surface area contributed by atoms with E-state index >= 15 is 0 Å². The van der Waals surface area contributed by atoms with Gasteiger partial charge in [0.25, 0.3) is 0 Å². The largest absolute Gasteiger partial charge is 0.457 e. The van der Waals surface area contributed by atoms with E-state index in [-0.39, 0.29) is 37.7 Å². The molecule has 236 valence electrons. The molecular formula is C38H31NO8. The first kappa shape index (κ1) is 32.3. The van der Waals surface area contributed by atoms with Crippen LogP contribution in [0.5, 0.6) is 0 Å². The highest BCUT2D eigenvalue weighted by Gasteiger charge is 2.36. The second kappa shape index (κ2) is 15.8. The summed E-state index contributed by atoms with van der Waals surface area (Å²) in [6, 6.07) is 35.6. The predicted molar refractivity (Wildman–Crippen MR) is 171 cm³/mol. The van der Waals surface area contributed by atoms with Gasteiger partial charge in [0, 0.05) is 0 Å². The van der Waals surface area contributed by atoms with Gasteiger partial charge in [0.15, 0.2) is 5.69 Å². The lowest BCUT2D eigenvalue weighted by Crippen LogP contribution is -2.26. The molecule has 4 aromatic carbocycles. The van der Waals surface area contributed by atoms with Gasteiger partial charge in [0.1, 0.15) is 32.0 Å². The molecule has 0 N–H and O–H groups in total. The highest BCUT2D eigenvalue weighted by Crippen LogP contribution is 2.26. The fraction of sp³-hybridized carbons (Fsp3) is 0.132. The van der Waals surface area contributed by atoms with Crippen LogP contribution in [0, 0.1) is 6.92 Å². The Morgan fingerprint density at radius 3 is 1.09 bits per heavy atom. The van der Waals surface area contributed by atoms with Crippen molar-refractivity contribution in [1.82, 2.24) is 4.98 Å². The Hall–Kier alpha value is -6.09. The molecule has 0 aliphatic heterocycles. The molecule has 0 amide bonds. The van der Waals surface area contributed by atoms with Crippen LogP contribution in [-0.2, 0) is 45.4 Å². The van der Waals surface area contributed by atoms with Gasteiger partial charge < -0.3 is 18.9 Å². The molecule has 1 aromatic heterocycles. The van der Waals surface area contributed by atoms with Crippen LogP contribution in [0.15, 0.2) is 121 Å². The lowest BCUT2D eigenvalue weighted by atomic mass is 9.97. The number of esters is 4. The smallest absolute Gasteiger partial charge is 0.358 e. The van der Waals surface area contributed by atoms with E-state index in [9.17, 15) is 19.2 Å². The normalized spacial score (nSPS) is 10.5. The minimum Gasteiger partial charge on any atom is -0.457 e. The molecule has 0 radical (unpaired) electrons. The maximum atomic E-state index is 13.9. The Morgan fingerprint density at radius 2 is 0.723 bits per heavy atom. The summed E-state index contributed by atoms with van der Waals surface area (Å²) in [5.41, 5.74) is 0.776. The number of carbonyl (C=O) groups is 4. The predicted octanol–water partition coefficient (Wildman–Crippen LogP) is 6.82. The second-order valence-corrected chi connectivity index (χ2v) is 10.4. The molecule has 0 fully saturated rings. The monoisotopic (exact) mass is 629 g/mol. The quantitative estimate of drug-likeness (QED) is 0.108. The summed E-state index contributed by atoms with van der Waals surface area (Å²) in [4.78, 5) is 59.3. The number of ether oxygens (including phenoxy) is 4. The Labute approximate surface area is 271 Å². The number of carbonyl (C=O) groups excluding carboxylic acids is 4. The standard InChI is InChI=1S/C38H31NO8/c1-26-31(35(40)44-22-27-14-6-2-7-15-27)32(36(41)45-23-28-16-8-3-9-17-28)33(37(42)46-24-29-18-10-4-11-19-29)34(39-26)38(43)47-25-30-20-12-5-13-21-30/h2-21H,22-25H2,1H3. The van der Waals surface area contributed by atoms with Gasteiger partial charge in [0.05, 0.1) is 16.8 Å². The third kappa shape index (κ3) is 8.55. The van der Waals surface area contributed by atoms with Crippen molar-refractivity contribution in [1.29, 1.82) is 0 Å². The molecule has 5 rings (SSSR count). The van der Waals surface area contributed by atoms with Crippen LogP contribution in [0.3, 0.4) is 0 Å². The maximum Gasteiger partial charge on any atom is 0.358 e. The first-order valence-electron chi connectivity index (χ1n) is 14.8. The fourth-order valence-electron chi connectivity index (χ4n) is 4.68. The highest BCUT2D eigenvalue weighted by molar-refractivity contribution is 6.14. The van der Waals surface area contributed by atoms with Gasteiger partial charge in [-0.05, 0) is 29.2 Å². The van der Waals surface area contributed by atoms with Crippen molar-refractivity contribution >= 4 is 23.9 Å². The van der Waals surface area contributed by atoms with Crippen molar-refractivity contribution in [3.8, 4) is 0 Å². The lowest BCUT2D eigenvalue weighted by molar-refractivity contribution is 0.0384. The van der Waals surface area contributed by atoms with Crippen LogP contribution in [-0.4, -0.2) is 28.9 Å². The molecule has 5 aromatic rings. The zero-order chi connectivity index (χ0) is 33.0. The van der Waals surface area contributed by atoms with Crippen molar-refractivity contribution in [3.63, 3.8) is 0 Å². The van der Waals surface area contributed by atoms with Crippen LogP contribution in [0.4, 0.5) is 0 Å². The molecule has 0 aliphatic carbocycles. The maximum absolute atomic E-state index is 13.9. The van der Waals surface area contributed by atoms with Gasteiger partial charge in [-0.3, -0.25) is 0 Å². The number of hydrogen-bond acceptors (Lipinski definition) is 9. The Morgan fingerprint density at radius 1 is 0.426 bits per heavy atom. The third-order valence-electron chi connectivity index (χ3n) is 7.03. The van der Waals surface area contributed by atoms with E-state index in [4.69, 9.17) is 18.9 Å². The van der Waals surface area contributed by atoms with E-state index < -0.39 is 40.7 Å². The number of aryl methyl sites for hydroxylation is 1. The number of rotatable bonds is 12. The average molecular weight is 630 g/mol. The molecule has 0 atom stereocenters. The number of hydrogen-bond donors (Lipinski definition) is 0. The molecule has 0 saturated carbocycles. The fourth-order valence-corrected chi connectivity index (χ4v) is 4.68. The van der Waals surface area contributed by atoms with Gasteiger partial charge in [-0.2, -0.15) is 0 Å². The summed E-state index contributed by atoms with van der Waals surface area (Å²) in [6.07, 6.45) is 0. The summed E-state index contributed by atoms with van der Waals surface area (Å²) < 4.78 is 22.3. The van der Waals surface area contributed by atoms with Crippen LogP contribution < -0.4 is 0 Å². The average Bonchev–Trinajstić information content (AvgIpc) is 3.12. The van der Waals surface area contributed by atoms with Crippen LogP contribution in [0.25, 0.3) is 0 Å². The first-order chi connectivity index (χ1) is 22.9. The van der Waals surface area contributed by atoms with Gasteiger partial charge in [-0.1, -0.05) is 121 Å². The van der Waals surface area contributed by atoms with Gasteiger partial charge in [-0.15, -0.1) is 0 Å². The van der Waals surface area contributed by atoms with Crippen molar-refractivity contribution < 1.29 is 38.1 Å². The molecule has 0 aliphatic rings.